The van der Waals surface area contributed by atoms with Gasteiger partial charge in [0.25, 0.3) is 12.2 Å². The number of hydrogen-bond donors (Lipinski definition) is 0. The lowest BCUT2D eigenvalue weighted by molar-refractivity contribution is -0.685. The second-order valence-corrected chi connectivity index (χ2v) is 13.7. The summed E-state index contributed by atoms with van der Waals surface area (Å²) in [4.78, 5) is 10.6. The molecule has 344 valence electrons. The number of aromatic nitrogens is 1. The monoisotopic (exact) mass is 958 g/mol. The standard InChI is InChI=1S/C24BF20.C17H15N2O2/c26-5-1(6(27)14(35)21(42)13(5)34)25(2-7(28)15(36)22(43)16(37)8(2)29,3-9(30)17(38)23(44)18(39)10(3)31)4-11(32)19(40)24(45)20(41)12(4)33;20-19(21)13-16-11-10-15-8-4-5-9-17(15)18(16)12-14-6-2-1-3-7-14/h;1-11H,12-13H2/q-1;+1. The van der Waals surface area contributed by atoms with Crippen molar-refractivity contribution in [2.45, 2.75) is 13.1 Å². The third-order valence-corrected chi connectivity index (χ3v) is 10.2. The first kappa shape index (κ1) is 48.3. The van der Waals surface area contributed by atoms with Gasteiger partial charge < -0.3 is 0 Å². The third kappa shape index (κ3) is 7.57. The SMILES string of the molecule is Fc1c(F)c(F)c([B-](c2c(F)c(F)c(F)c(F)c2F)(c2c(F)c(F)c(F)c(F)c2F)c2c(F)c(F)c(F)c(F)c2F)c(F)c1F.O=[N+]([O-])Cc1ccc2ccccc2[n+]1Cc1ccccc1. The quantitative estimate of drug-likeness (QED) is 0.0291. The first-order chi connectivity index (χ1) is 30.9. The molecule has 7 rings (SSSR count). The molecular formula is C41H15BF20N2O2. The molecule has 66 heavy (non-hydrogen) atoms. The van der Waals surface area contributed by atoms with Crippen LogP contribution in [0.3, 0.4) is 0 Å². The van der Waals surface area contributed by atoms with Gasteiger partial charge in [0.15, 0.2) is 76.4 Å². The molecule has 7 aromatic rings. The van der Waals surface area contributed by atoms with Gasteiger partial charge >= 0.3 is 0 Å². The van der Waals surface area contributed by atoms with Gasteiger partial charge in [-0.15, -0.1) is 21.9 Å². The van der Waals surface area contributed by atoms with Crippen LogP contribution in [0.15, 0.2) is 66.7 Å². The molecule has 0 saturated carbocycles. The zero-order valence-corrected chi connectivity index (χ0v) is 31.6. The summed E-state index contributed by atoms with van der Waals surface area (Å²) in [5.41, 5.74) is -11.5. The van der Waals surface area contributed by atoms with Crippen molar-refractivity contribution in [2.24, 2.45) is 0 Å². The van der Waals surface area contributed by atoms with Gasteiger partial charge in [0.2, 0.25) is 5.52 Å². The summed E-state index contributed by atoms with van der Waals surface area (Å²) in [6.45, 7) is 0.461. The van der Waals surface area contributed by atoms with Crippen LogP contribution in [0.2, 0.25) is 0 Å². The average Bonchev–Trinajstić information content (AvgIpc) is 3.30. The second-order valence-electron chi connectivity index (χ2n) is 13.7. The minimum Gasteiger partial charge on any atom is -0.264 e. The first-order valence-corrected chi connectivity index (χ1v) is 17.7. The Morgan fingerprint density at radius 2 is 0.667 bits per heavy atom. The van der Waals surface area contributed by atoms with Gasteiger partial charge in [-0.3, -0.25) is 10.1 Å². The molecule has 4 nitrogen and oxygen atoms in total. The molecule has 0 atom stereocenters. The van der Waals surface area contributed by atoms with Crippen molar-refractivity contribution in [1.29, 1.82) is 0 Å². The summed E-state index contributed by atoms with van der Waals surface area (Å²) in [6.07, 6.45) is -7.22. The van der Waals surface area contributed by atoms with Gasteiger partial charge in [-0.25, -0.2) is 87.8 Å². The molecule has 1 heterocycles. The van der Waals surface area contributed by atoms with Gasteiger partial charge in [0, 0.05) is 28.0 Å². The minimum atomic E-state index is -7.22. The van der Waals surface area contributed by atoms with Crippen molar-refractivity contribution in [3.8, 4) is 0 Å². The van der Waals surface area contributed by atoms with Crippen LogP contribution < -0.4 is 26.4 Å². The largest absolute Gasteiger partial charge is 0.286 e. The highest BCUT2D eigenvalue weighted by molar-refractivity contribution is 7.20. The van der Waals surface area contributed by atoms with E-state index in [0.717, 1.165) is 16.5 Å². The highest BCUT2D eigenvalue weighted by Crippen LogP contribution is 2.31. The molecule has 0 amide bonds. The van der Waals surface area contributed by atoms with Crippen LogP contribution in [0.4, 0.5) is 87.8 Å². The Kier molecular flexibility index (Phi) is 13.2. The number of rotatable bonds is 8. The van der Waals surface area contributed by atoms with Crippen molar-refractivity contribution in [1.82, 2.24) is 0 Å². The molecule has 0 aliphatic rings. The molecule has 0 aliphatic heterocycles. The van der Waals surface area contributed by atoms with E-state index in [1.807, 2.05) is 71.3 Å². The van der Waals surface area contributed by atoms with Crippen LogP contribution in [-0.4, -0.2) is 11.1 Å². The van der Waals surface area contributed by atoms with Gasteiger partial charge in [-0.2, -0.15) is 4.57 Å². The predicted octanol–water partition coefficient (Wildman–Crippen LogP) is 8.80. The van der Waals surface area contributed by atoms with E-state index in [-0.39, 0.29) is 11.5 Å². The lowest BCUT2D eigenvalue weighted by Crippen LogP contribution is -2.81. The van der Waals surface area contributed by atoms with E-state index in [9.17, 15) is 62.8 Å². The zero-order chi connectivity index (χ0) is 49.0. The molecule has 0 N–H and O–H groups in total. The lowest BCUT2D eigenvalue weighted by Gasteiger charge is -2.44. The van der Waals surface area contributed by atoms with Crippen molar-refractivity contribution in [3.05, 3.63) is 204 Å². The number of para-hydroxylation sites is 1. The Labute approximate surface area is 353 Å². The normalized spacial score (nSPS) is 11.6. The number of nitrogens with zero attached hydrogens (tertiary/aromatic N) is 2. The zero-order valence-electron chi connectivity index (χ0n) is 31.6. The van der Waals surface area contributed by atoms with Crippen LogP contribution >= 0.6 is 0 Å². The molecule has 0 unspecified atom stereocenters. The van der Waals surface area contributed by atoms with Crippen molar-refractivity contribution < 1.29 is 97.3 Å². The van der Waals surface area contributed by atoms with Crippen LogP contribution in [0.25, 0.3) is 10.9 Å². The average molecular weight is 958 g/mol. The Bertz CT molecular complexity index is 2760. The van der Waals surface area contributed by atoms with Gasteiger partial charge in [-0.1, -0.05) is 42.5 Å². The van der Waals surface area contributed by atoms with Crippen LogP contribution in [0.5, 0.6) is 0 Å². The van der Waals surface area contributed by atoms with Crippen molar-refractivity contribution in [2.75, 3.05) is 0 Å². The number of pyridine rings is 1. The maximum atomic E-state index is 15.4. The smallest absolute Gasteiger partial charge is 0.264 e. The Morgan fingerprint density at radius 1 is 0.379 bits per heavy atom. The van der Waals surface area contributed by atoms with Crippen LogP contribution in [0.1, 0.15) is 11.3 Å². The maximum Gasteiger partial charge on any atom is 0.286 e. The summed E-state index contributed by atoms with van der Waals surface area (Å²) < 4.78 is 296. The fourth-order valence-corrected chi connectivity index (χ4v) is 7.40. The number of fused-ring (bicyclic) bond motifs is 1. The molecule has 25 heteroatoms. The van der Waals surface area contributed by atoms with E-state index >= 15 is 35.1 Å². The van der Waals surface area contributed by atoms with Crippen LogP contribution in [-0.2, 0) is 13.1 Å². The predicted molar refractivity (Wildman–Crippen MR) is 190 cm³/mol. The number of hydrogen-bond acceptors (Lipinski definition) is 2. The minimum absolute atomic E-state index is 0.169. The van der Waals surface area contributed by atoms with E-state index in [2.05, 4.69) is 0 Å². The molecule has 0 bridgehead atoms. The highest BCUT2D eigenvalue weighted by Gasteiger charge is 2.52. The third-order valence-electron chi connectivity index (χ3n) is 10.2. The van der Waals surface area contributed by atoms with Crippen molar-refractivity contribution in [3.63, 3.8) is 0 Å². The van der Waals surface area contributed by atoms with Crippen LogP contribution in [0, 0.1) is 126 Å². The van der Waals surface area contributed by atoms with E-state index in [4.69, 9.17) is 0 Å². The van der Waals surface area contributed by atoms with Gasteiger partial charge in [-0.05, 0) is 12.1 Å². The summed E-state index contributed by atoms with van der Waals surface area (Å²) in [5, 5.41) is 12.0. The van der Waals surface area contributed by atoms with E-state index in [1.54, 1.807) is 0 Å². The molecule has 0 radical (unpaired) electrons. The molecule has 1 aromatic heterocycles. The van der Waals surface area contributed by atoms with Gasteiger partial charge in [0.1, 0.15) is 52.7 Å². The summed E-state index contributed by atoms with van der Waals surface area (Å²) in [7, 11) is 0. The fourth-order valence-electron chi connectivity index (χ4n) is 7.40. The van der Waals surface area contributed by atoms with Crippen molar-refractivity contribution >= 4 is 38.9 Å². The Balaban J connectivity index is 0.000000284. The molecule has 0 saturated heterocycles. The number of nitro groups is 1. The number of benzene rings is 6. The lowest BCUT2D eigenvalue weighted by atomic mass is 9.12. The van der Waals surface area contributed by atoms with Gasteiger partial charge in [0.05, 0.1) is 0 Å². The molecule has 6 aromatic carbocycles. The summed E-state index contributed by atoms with van der Waals surface area (Å²) in [6, 6.07) is 21.7. The highest BCUT2D eigenvalue weighted by atomic mass is 19.2. The Hall–Kier alpha value is -7.21. The second kappa shape index (κ2) is 18.0. The van der Waals surface area contributed by atoms with E-state index in [0.29, 0.717) is 12.2 Å². The topological polar surface area (TPSA) is 47.0 Å². The summed E-state index contributed by atoms with van der Waals surface area (Å²) in [5.74, 6) is -71.4. The molecule has 0 spiro atoms. The first-order valence-electron chi connectivity index (χ1n) is 17.7. The Morgan fingerprint density at radius 3 is 0.985 bits per heavy atom. The maximum absolute atomic E-state index is 15.4. The fraction of sp³-hybridized carbons (Fsp3) is 0.0488. The van der Waals surface area contributed by atoms with E-state index < -0.39 is 144 Å². The van der Waals surface area contributed by atoms with E-state index in [1.165, 1.54) is 0 Å². The molecule has 0 fully saturated rings. The molecule has 0 aliphatic carbocycles. The molecular weight excluding hydrogens is 943 g/mol. The summed E-state index contributed by atoms with van der Waals surface area (Å²) >= 11 is 0. The number of halogens is 20.